The largest absolute Gasteiger partial charge is 0.494 e. The molecule has 1 aliphatic heterocycles. The molecule has 6 heteroatoms. The zero-order valence-corrected chi connectivity index (χ0v) is 15.1. The first kappa shape index (κ1) is 17.6. The van der Waals surface area contributed by atoms with Gasteiger partial charge in [0, 0.05) is 17.6 Å². The average molecular weight is 338 g/mol. The summed E-state index contributed by atoms with van der Waals surface area (Å²) in [7, 11) is -0.447. The van der Waals surface area contributed by atoms with Crippen molar-refractivity contribution in [3.63, 3.8) is 0 Å². The first-order valence-electron chi connectivity index (χ1n) is 8.42. The molecule has 2 aromatic rings. The summed E-state index contributed by atoms with van der Waals surface area (Å²) >= 11 is 0. The van der Waals surface area contributed by atoms with E-state index >= 15 is 0 Å². The van der Waals surface area contributed by atoms with Gasteiger partial charge in [0.15, 0.2) is 0 Å². The highest BCUT2D eigenvalue weighted by atomic mass is 16.7. The highest BCUT2D eigenvalue weighted by Crippen LogP contribution is 2.36. The van der Waals surface area contributed by atoms with Crippen molar-refractivity contribution in [3.05, 3.63) is 54.4 Å². The first-order valence-corrected chi connectivity index (χ1v) is 8.42. The molecule has 3 rings (SSSR count). The minimum atomic E-state index is -0.447. The van der Waals surface area contributed by atoms with Crippen LogP contribution in [0.5, 0.6) is 0 Å². The van der Waals surface area contributed by atoms with Crippen molar-refractivity contribution in [2.45, 2.75) is 45.3 Å². The number of hydrogen-bond donors (Lipinski definition) is 1. The quantitative estimate of drug-likeness (QED) is 0.871. The molecule has 1 aromatic heterocycles. The van der Waals surface area contributed by atoms with Crippen molar-refractivity contribution in [1.29, 1.82) is 0 Å². The lowest BCUT2D eigenvalue weighted by molar-refractivity contribution is -0.115. The first-order chi connectivity index (χ1) is 11.8. The topological polar surface area (TPSA) is 60.5 Å². The van der Waals surface area contributed by atoms with Gasteiger partial charge in [-0.25, -0.2) is 0 Å². The van der Waals surface area contributed by atoms with Gasteiger partial charge in [-0.2, -0.15) is 0 Å². The number of anilines is 1. The summed E-state index contributed by atoms with van der Waals surface area (Å²) < 4.78 is 12.1. The number of benzene rings is 1. The second-order valence-electron chi connectivity index (χ2n) is 7.26. The van der Waals surface area contributed by atoms with Crippen LogP contribution >= 0.6 is 0 Å². The van der Waals surface area contributed by atoms with Crippen LogP contribution in [0.15, 0.2) is 48.7 Å². The predicted molar refractivity (Wildman–Crippen MR) is 98.7 cm³/mol. The van der Waals surface area contributed by atoms with Gasteiger partial charge in [0.2, 0.25) is 5.91 Å². The van der Waals surface area contributed by atoms with Gasteiger partial charge in [-0.15, -0.1) is 0 Å². The van der Waals surface area contributed by atoms with Crippen molar-refractivity contribution >= 4 is 24.2 Å². The number of rotatable bonds is 4. The summed E-state index contributed by atoms with van der Waals surface area (Å²) in [5, 5.41) is 2.91. The van der Waals surface area contributed by atoms with Gasteiger partial charge in [-0.1, -0.05) is 18.2 Å². The van der Waals surface area contributed by atoms with E-state index in [1.54, 1.807) is 6.20 Å². The molecular formula is C19H23BN2O3. The Balaban J connectivity index is 1.69. The van der Waals surface area contributed by atoms with E-state index in [9.17, 15) is 4.79 Å². The second-order valence-corrected chi connectivity index (χ2v) is 7.26. The van der Waals surface area contributed by atoms with E-state index in [-0.39, 0.29) is 12.3 Å². The van der Waals surface area contributed by atoms with Gasteiger partial charge in [-0.3, -0.25) is 9.78 Å². The third-order valence-corrected chi connectivity index (χ3v) is 4.76. The second kappa shape index (κ2) is 6.62. The molecule has 1 aliphatic rings. The molecule has 0 saturated carbocycles. The maximum absolute atomic E-state index is 12.2. The maximum Gasteiger partial charge on any atom is 0.494 e. The van der Waals surface area contributed by atoms with Crippen LogP contribution in [0.3, 0.4) is 0 Å². The van der Waals surface area contributed by atoms with Crippen LogP contribution < -0.4 is 10.8 Å². The lowest BCUT2D eigenvalue weighted by Crippen LogP contribution is -2.41. The molecule has 0 radical (unpaired) electrons. The van der Waals surface area contributed by atoms with Gasteiger partial charge in [0.05, 0.1) is 17.6 Å². The summed E-state index contributed by atoms with van der Waals surface area (Å²) in [6.45, 7) is 8.08. The Morgan fingerprint density at radius 3 is 2.44 bits per heavy atom. The summed E-state index contributed by atoms with van der Waals surface area (Å²) in [5.41, 5.74) is 1.55. The molecule has 1 aromatic carbocycles. The Labute approximate surface area is 148 Å². The number of aromatic nitrogens is 1. The van der Waals surface area contributed by atoms with Crippen molar-refractivity contribution in [2.75, 3.05) is 5.32 Å². The van der Waals surface area contributed by atoms with Crippen LogP contribution in [0.1, 0.15) is 33.4 Å². The molecular weight excluding hydrogens is 315 g/mol. The lowest BCUT2D eigenvalue weighted by atomic mass is 9.79. The average Bonchev–Trinajstić information content (AvgIpc) is 2.76. The van der Waals surface area contributed by atoms with Crippen LogP contribution in [0.4, 0.5) is 5.69 Å². The van der Waals surface area contributed by atoms with Gasteiger partial charge in [-0.05, 0) is 57.4 Å². The highest BCUT2D eigenvalue weighted by molar-refractivity contribution is 6.62. The van der Waals surface area contributed by atoms with Crippen molar-refractivity contribution in [3.8, 4) is 0 Å². The molecule has 2 heterocycles. The van der Waals surface area contributed by atoms with Crippen LogP contribution in [0, 0.1) is 0 Å². The zero-order chi connectivity index (χ0) is 18.1. The Bertz CT molecular complexity index is 746. The van der Waals surface area contributed by atoms with Gasteiger partial charge >= 0.3 is 7.12 Å². The number of carbonyl (C=O) groups is 1. The third-order valence-electron chi connectivity index (χ3n) is 4.76. The Kier molecular flexibility index (Phi) is 4.67. The van der Waals surface area contributed by atoms with Crippen LogP contribution in [-0.4, -0.2) is 29.2 Å². The van der Waals surface area contributed by atoms with Gasteiger partial charge in [0.25, 0.3) is 0 Å². The summed E-state index contributed by atoms with van der Waals surface area (Å²) in [6.07, 6.45) is 1.92. The van der Waals surface area contributed by atoms with Crippen LogP contribution in [-0.2, 0) is 20.5 Å². The molecule has 0 aliphatic carbocycles. The van der Waals surface area contributed by atoms with Gasteiger partial charge in [0.1, 0.15) is 0 Å². The van der Waals surface area contributed by atoms with Crippen LogP contribution in [0.25, 0.3) is 0 Å². The molecule has 1 N–H and O–H groups in total. The molecule has 1 amide bonds. The van der Waals surface area contributed by atoms with E-state index in [2.05, 4.69) is 10.3 Å². The Hall–Kier alpha value is -2.18. The van der Waals surface area contributed by atoms with Crippen molar-refractivity contribution < 1.29 is 14.1 Å². The molecule has 0 bridgehead atoms. The molecule has 0 spiro atoms. The van der Waals surface area contributed by atoms with Crippen molar-refractivity contribution in [2.24, 2.45) is 0 Å². The lowest BCUT2D eigenvalue weighted by Gasteiger charge is -2.32. The molecule has 0 unspecified atom stereocenters. The number of pyridine rings is 1. The SMILES string of the molecule is CC1(C)OB(c2cccc(NC(=O)Cc3ccccn3)c2)OC1(C)C. The fraction of sp³-hybridized carbons (Fsp3) is 0.368. The molecule has 1 saturated heterocycles. The number of nitrogens with one attached hydrogen (secondary N) is 1. The number of hydrogen-bond acceptors (Lipinski definition) is 4. The Morgan fingerprint density at radius 1 is 1.08 bits per heavy atom. The molecule has 1 fully saturated rings. The van der Waals surface area contributed by atoms with Gasteiger partial charge < -0.3 is 14.6 Å². The minimum absolute atomic E-state index is 0.107. The normalized spacial score (nSPS) is 18.2. The van der Waals surface area contributed by atoms with Crippen LogP contribution in [0.2, 0.25) is 0 Å². The standard InChI is InChI=1S/C19H23BN2O3/c1-18(2)19(3,4)25-20(24-18)14-8-7-10-16(12-14)22-17(23)13-15-9-5-6-11-21-15/h5-12H,13H2,1-4H3,(H,22,23). The smallest absolute Gasteiger partial charge is 0.399 e. The highest BCUT2D eigenvalue weighted by Gasteiger charge is 2.51. The zero-order valence-electron chi connectivity index (χ0n) is 15.1. The molecule has 130 valence electrons. The molecule has 25 heavy (non-hydrogen) atoms. The van der Waals surface area contributed by atoms with E-state index < -0.39 is 18.3 Å². The minimum Gasteiger partial charge on any atom is -0.399 e. The number of nitrogens with zero attached hydrogens (tertiary/aromatic N) is 1. The van der Waals surface area contributed by atoms with E-state index in [0.29, 0.717) is 5.69 Å². The fourth-order valence-electron chi connectivity index (χ4n) is 2.61. The third kappa shape index (κ3) is 3.91. The summed E-state index contributed by atoms with van der Waals surface area (Å²) in [5.74, 6) is -0.107. The molecule has 5 nitrogen and oxygen atoms in total. The van der Waals surface area contributed by atoms with E-state index in [1.807, 2.05) is 70.2 Å². The monoisotopic (exact) mass is 338 g/mol. The maximum atomic E-state index is 12.2. The van der Waals surface area contributed by atoms with E-state index in [1.165, 1.54) is 0 Å². The number of carbonyl (C=O) groups excluding carboxylic acids is 1. The van der Waals surface area contributed by atoms with Crippen molar-refractivity contribution in [1.82, 2.24) is 4.98 Å². The fourth-order valence-corrected chi connectivity index (χ4v) is 2.61. The van der Waals surface area contributed by atoms with E-state index in [0.717, 1.165) is 11.2 Å². The molecule has 0 atom stereocenters. The van der Waals surface area contributed by atoms with E-state index in [4.69, 9.17) is 9.31 Å². The Morgan fingerprint density at radius 2 is 1.80 bits per heavy atom. The predicted octanol–water partition coefficient (Wildman–Crippen LogP) is 2.56. The number of amides is 1. The summed E-state index contributed by atoms with van der Waals surface area (Å²) in [6, 6.07) is 13.1. The summed E-state index contributed by atoms with van der Waals surface area (Å²) in [4.78, 5) is 16.4.